The van der Waals surface area contributed by atoms with E-state index in [4.69, 9.17) is 11.6 Å². The lowest BCUT2D eigenvalue weighted by Gasteiger charge is -2.06. The van der Waals surface area contributed by atoms with Gasteiger partial charge in [-0.25, -0.2) is 9.97 Å². The smallest absolute Gasteiger partial charge is 0.251 e. The van der Waals surface area contributed by atoms with Crippen LogP contribution in [0.4, 0.5) is 0 Å². The minimum Gasteiger partial charge on any atom is -0.346 e. The van der Waals surface area contributed by atoms with Crippen LogP contribution in [-0.4, -0.2) is 15.9 Å². The second-order valence-electron chi connectivity index (χ2n) is 4.90. The lowest BCUT2D eigenvalue weighted by atomic mass is 10.2. The second-order valence-corrected chi connectivity index (χ2v) is 5.33. The highest BCUT2D eigenvalue weighted by molar-refractivity contribution is 6.30. The first-order valence-corrected chi connectivity index (χ1v) is 6.95. The molecular formula is C15H14ClN3O. The number of amides is 1. The van der Waals surface area contributed by atoms with E-state index in [-0.39, 0.29) is 5.91 Å². The molecule has 0 atom stereocenters. The molecule has 1 heterocycles. The summed E-state index contributed by atoms with van der Waals surface area (Å²) < 4.78 is 0. The monoisotopic (exact) mass is 287 g/mol. The number of halogens is 1. The second kappa shape index (κ2) is 5.59. The third-order valence-electron chi connectivity index (χ3n) is 3.28. The predicted octanol–water partition coefficient (Wildman–Crippen LogP) is 2.94. The van der Waals surface area contributed by atoms with E-state index in [2.05, 4.69) is 15.3 Å². The lowest BCUT2D eigenvalue weighted by Crippen LogP contribution is -2.23. The van der Waals surface area contributed by atoms with E-state index in [1.54, 1.807) is 30.6 Å². The number of carbonyl (C=O) groups excluding carboxylic acids is 1. The maximum Gasteiger partial charge on any atom is 0.251 e. The third kappa shape index (κ3) is 3.14. The molecular weight excluding hydrogens is 274 g/mol. The van der Waals surface area contributed by atoms with Crippen LogP contribution in [0.1, 0.15) is 40.5 Å². The van der Waals surface area contributed by atoms with Gasteiger partial charge in [-0.05, 0) is 43.2 Å². The highest BCUT2D eigenvalue weighted by Crippen LogP contribution is 2.38. The summed E-state index contributed by atoms with van der Waals surface area (Å²) in [6.07, 6.45) is 3.97. The molecule has 1 aliphatic carbocycles. The molecule has 0 saturated heterocycles. The Hall–Kier alpha value is -1.94. The zero-order chi connectivity index (χ0) is 13.9. The quantitative estimate of drug-likeness (QED) is 0.940. The van der Waals surface area contributed by atoms with Crippen molar-refractivity contribution in [3.8, 4) is 0 Å². The third-order valence-corrected chi connectivity index (χ3v) is 3.53. The van der Waals surface area contributed by atoms with Crippen LogP contribution in [0.25, 0.3) is 0 Å². The maximum atomic E-state index is 12.0. The SMILES string of the molecule is O=C(NCc1cc(C2CC2)ncn1)c1ccc(Cl)cc1. The highest BCUT2D eigenvalue weighted by atomic mass is 35.5. The van der Waals surface area contributed by atoms with Crippen molar-refractivity contribution < 1.29 is 4.79 Å². The molecule has 4 nitrogen and oxygen atoms in total. The van der Waals surface area contributed by atoms with Crippen molar-refractivity contribution in [3.63, 3.8) is 0 Å². The van der Waals surface area contributed by atoms with Gasteiger partial charge in [0.1, 0.15) is 6.33 Å². The average Bonchev–Trinajstić information content (AvgIpc) is 3.30. The molecule has 1 saturated carbocycles. The maximum absolute atomic E-state index is 12.0. The summed E-state index contributed by atoms with van der Waals surface area (Å²) in [5, 5.41) is 3.47. The number of hydrogen-bond donors (Lipinski definition) is 1. The van der Waals surface area contributed by atoms with Crippen LogP contribution in [0, 0.1) is 0 Å². The van der Waals surface area contributed by atoms with Gasteiger partial charge in [0.05, 0.1) is 12.2 Å². The minimum atomic E-state index is -0.131. The van der Waals surface area contributed by atoms with Gasteiger partial charge in [0, 0.05) is 22.2 Å². The molecule has 1 aromatic carbocycles. The summed E-state index contributed by atoms with van der Waals surface area (Å²) >= 11 is 5.79. The summed E-state index contributed by atoms with van der Waals surface area (Å²) in [5.41, 5.74) is 2.51. The van der Waals surface area contributed by atoms with Crippen LogP contribution in [0.15, 0.2) is 36.7 Å². The van der Waals surface area contributed by atoms with Gasteiger partial charge in [0.15, 0.2) is 0 Å². The van der Waals surface area contributed by atoms with Crippen molar-refractivity contribution >= 4 is 17.5 Å². The number of benzene rings is 1. The van der Waals surface area contributed by atoms with Gasteiger partial charge in [-0.1, -0.05) is 11.6 Å². The van der Waals surface area contributed by atoms with Crippen LogP contribution >= 0.6 is 11.6 Å². The van der Waals surface area contributed by atoms with Crippen LogP contribution in [0.3, 0.4) is 0 Å². The topological polar surface area (TPSA) is 54.9 Å². The molecule has 1 aliphatic rings. The van der Waals surface area contributed by atoms with Crippen molar-refractivity contribution in [1.82, 2.24) is 15.3 Å². The van der Waals surface area contributed by atoms with Crippen LogP contribution in [0.5, 0.6) is 0 Å². The number of nitrogens with zero attached hydrogens (tertiary/aromatic N) is 2. The van der Waals surface area contributed by atoms with Crippen LogP contribution in [-0.2, 0) is 6.54 Å². The first-order chi connectivity index (χ1) is 9.72. The predicted molar refractivity (Wildman–Crippen MR) is 76.6 cm³/mol. The van der Waals surface area contributed by atoms with Gasteiger partial charge < -0.3 is 5.32 Å². The number of hydrogen-bond acceptors (Lipinski definition) is 3. The molecule has 1 aromatic heterocycles. The molecule has 0 spiro atoms. The fourth-order valence-electron chi connectivity index (χ4n) is 1.99. The van der Waals surface area contributed by atoms with Crippen LogP contribution < -0.4 is 5.32 Å². The Morgan fingerprint density at radius 1 is 1.25 bits per heavy atom. The first-order valence-electron chi connectivity index (χ1n) is 6.57. The molecule has 0 aliphatic heterocycles. The largest absolute Gasteiger partial charge is 0.346 e. The van der Waals surface area contributed by atoms with E-state index in [0.717, 1.165) is 11.4 Å². The van der Waals surface area contributed by atoms with Crippen molar-refractivity contribution in [2.45, 2.75) is 25.3 Å². The number of nitrogens with one attached hydrogen (secondary N) is 1. The molecule has 3 rings (SSSR count). The summed E-state index contributed by atoms with van der Waals surface area (Å²) in [5.74, 6) is 0.456. The molecule has 0 bridgehead atoms. The van der Waals surface area contributed by atoms with Gasteiger partial charge >= 0.3 is 0 Å². The fraction of sp³-hybridized carbons (Fsp3) is 0.267. The normalized spacial score (nSPS) is 14.1. The highest BCUT2D eigenvalue weighted by Gasteiger charge is 2.25. The van der Waals surface area contributed by atoms with Crippen molar-refractivity contribution in [2.24, 2.45) is 0 Å². The molecule has 1 amide bonds. The van der Waals surface area contributed by atoms with Crippen molar-refractivity contribution in [3.05, 3.63) is 58.6 Å². The van der Waals surface area contributed by atoms with Gasteiger partial charge in [-0.15, -0.1) is 0 Å². The van der Waals surface area contributed by atoms with Gasteiger partial charge in [0.25, 0.3) is 5.91 Å². The molecule has 1 fully saturated rings. The average molecular weight is 288 g/mol. The van der Waals surface area contributed by atoms with E-state index >= 15 is 0 Å². The standard InChI is InChI=1S/C15H14ClN3O/c16-12-5-3-11(4-6-12)15(20)17-8-13-7-14(10-1-2-10)19-9-18-13/h3-7,9-10H,1-2,8H2,(H,17,20). The van der Waals surface area contributed by atoms with Crippen LogP contribution in [0.2, 0.25) is 5.02 Å². The fourth-order valence-corrected chi connectivity index (χ4v) is 2.11. The Bertz CT molecular complexity index is 623. The molecule has 2 aromatic rings. The molecule has 0 radical (unpaired) electrons. The summed E-state index contributed by atoms with van der Waals surface area (Å²) in [6.45, 7) is 0.406. The van der Waals surface area contributed by atoms with E-state index in [9.17, 15) is 4.79 Å². The van der Waals surface area contributed by atoms with Crippen molar-refractivity contribution in [2.75, 3.05) is 0 Å². The molecule has 102 valence electrons. The van der Waals surface area contributed by atoms with E-state index < -0.39 is 0 Å². The Kier molecular flexibility index (Phi) is 3.65. The van der Waals surface area contributed by atoms with Crippen molar-refractivity contribution in [1.29, 1.82) is 0 Å². The Labute approximate surface area is 122 Å². The number of rotatable bonds is 4. The zero-order valence-corrected chi connectivity index (χ0v) is 11.6. The molecule has 20 heavy (non-hydrogen) atoms. The minimum absolute atomic E-state index is 0.131. The number of carbonyl (C=O) groups is 1. The lowest BCUT2D eigenvalue weighted by molar-refractivity contribution is 0.0950. The number of aromatic nitrogens is 2. The first kappa shape index (κ1) is 13.1. The van der Waals surface area contributed by atoms with Gasteiger partial charge in [-0.3, -0.25) is 4.79 Å². The molecule has 5 heteroatoms. The molecule has 1 N–H and O–H groups in total. The summed E-state index contributed by atoms with van der Waals surface area (Å²) in [7, 11) is 0. The summed E-state index contributed by atoms with van der Waals surface area (Å²) in [6, 6.07) is 8.78. The molecule has 0 unspecified atom stereocenters. The zero-order valence-electron chi connectivity index (χ0n) is 10.8. The Morgan fingerprint density at radius 2 is 2.00 bits per heavy atom. The Morgan fingerprint density at radius 3 is 2.70 bits per heavy atom. The van der Waals surface area contributed by atoms with E-state index in [1.807, 2.05) is 6.07 Å². The van der Waals surface area contributed by atoms with E-state index in [1.165, 1.54) is 12.8 Å². The summed E-state index contributed by atoms with van der Waals surface area (Å²) in [4.78, 5) is 20.4. The van der Waals surface area contributed by atoms with E-state index in [0.29, 0.717) is 23.0 Å². The van der Waals surface area contributed by atoms with Gasteiger partial charge in [-0.2, -0.15) is 0 Å². The van der Waals surface area contributed by atoms with Gasteiger partial charge in [0.2, 0.25) is 0 Å². The Balaban J connectivity index is 1.62.